The Hall–Kier alpha value is -1.47. The number of carbonyl (C=O) groups excluding carboxylic acids is 2. The molecule has 0 radical (unpaired) electrons. The molecule has 47 heavy (non-hydrogen) atoms. The minimum atomic E-state index is -4.75. The van der Waals surface area contributed by atoms with Gasteiger partial charge in [-0.2, -0.15) is 0 Å². The van der Waals surface area contributed by atoms with E-state index in [9.17, 15) is 14.2 Å². The lowest BCUT2D eigenvalue weighted by Crippen LogP contribution is -2.29. The van der Waals surface area contributed by atoms with Crippen molar-refractivity contribution in [2.24, 2.45) is 0 Å². The number of rotatable bonds is 35. The molecule has 8 nitrogen and oxygen atoms in total. The largest absolute Gasteiger partial charge is 0.469 e. The first-order valence-electron chi connectivity index (χ1n) is 19.1. The Kier molecular flexibility index (Phi) is 33.3. The molecule has 0 amide bonds. The molecule has 0 unspecified atom stereocenters. The SMILES string of the molecule is CCCCCC/C=C/CCCCCCCCCC(=O)O[C@H](COC(=O)CCCCCCC/C=C/CCCCCCC)COP(=O)(O)O. The van der Waals surface area contributed by atoms with Crippen LogP contribution in [0.2, 0.25) is 0 Å². The fourth-order valence-electron chi connectivity index (χ4n) is 5.30. The summed E-state index contributed by atoms with van der Waals surface area (Å²) < 4.78 is 26.3. The van der Waals surface area contributed by atoms with E-state index in [0.717, 1.165) is 57.8 Å². The van der Waals surface area contributed by atoms with Gasteiger partial charge in [-0.3, -0.25) is 14.1 Å². The first kappa shape index (κ1) is 45.5. The summed E-state index contributed by atoms with van der Waals surface area (Å²) in [7, 11) is -4.75. The highest BCUT2D eigenvalue weighted by Crippen LogP contribution is 2.36. The van der Waals surface area contributed by atoms with Crippen molar-refractivity contribution < 1.29 is 37.9 Å². The van der Waals surface area contributed by atoms with Crippen molar-refractivity contribution >= 4 is 19.8 Å². The molecular weight excluding hydrogens is 615 g/mol. The molecule has 0 aromatic carbocycles. The van der Waals surface area contributed by atoms with Crippen molar-refractivity contribution in [2.75, 3.05) is 13.2 Å². The fraction of sp³-hybridized carbons (Fsp3) is 0.842. The van der Waals surface area contributed by atoms with E-state index in [-0.39, 0.29) is 19.4 Å². The van der Waals surface area contributed by atoms with E-state index in [1.807, 2.05) is 0 Å². The quantitative estimate of drug-likeness (QED) is 0.0292. The maximum absolute atomic E-state index is 12.4. The molecular formula is C38H71O8P. The van der Waals surface area contributed by atoms with Crippen LogP contribution in [0.1, 0.15) is 187 Å². The summed E-state index contributed by atoms with van der Waals surface area (Å²) in [5.74, 6) is -0.897. The van der Waals surface area contributed by atoms with Crippen LogP contribution in [0, 0.1) is 0 Å². The second-order valence-corrected chi connectivity index (χ2v) is 14.1. The van der Waals surface area contributed by atoms with Crippen LogP contribution in [0.5, 0.6) is 0 Å². The van der Waals surface area contributed by atoms with Crippen molar-refractivity contribution in [1.29, 1.82) is 0 Å². The van der Waals surface area contributed by atoms with Crippen LogP contribution >= 0.6 is 7.82 Å². The zero-order chi connectivity index (χ0) is 34.7. The molecule has 2 N–H and O–H groups in total. The molecule has 276 valence electrons. The fourth-order valence-corrected chi connectivity index (χ4v) is 5.66. The Morgan fingerprint density at radius 1 is 0.532 bits per heavy atom. The highest BCUT2D eigenvalue weighted by Gasteiger charge is 2.22. The number of hydrogen-bond donors (Lipinski definition) is 2. The van der Waals surface area contributed by atoms with Crippen LogP contribution in [-0.4, -0.2) is 41.0 Å². The lowest BCUT2D eigenvalue weighted by atomic mass is 10.1. The summed E-state index contributed by atoms with van der Waals surface area (Å²) in [4.78, 5) is 42.7. The Morgan fingerprint density at radius 2 is 0.894 bits per heavy atom. The van der Waals surface area contributed by atoms with Gasteiger partial charge in [-0.05, 0) is 64.2 Å². The van der Waals surface area contributed by atoms with Gasteiger partial charge in [0.2, 0.25) is 0 Å². The van der Waals surface area contributed by atoms with E-state index in [2.05, 4.69) is 42.7 Å². The predicted octanol–water partition coefficient (Wildman–Crippen LogP) is 11.2. The third-order valence-electron chi connectivity index (χ3n) is 8.19. The standard InChI is InChI=1S/C38H71O8P/c1-3-5-7-9-11-13-15-17-19-21-23-25-27-29-31-33-38(40)46-36(35-45-47(41,42)43)34-44-37(39)32-30-28-26-24-22-20-18-16-14-12-10-8-6-4-2/h13,15-16,18,36H,3-12,14,17,19-35H2,1-2H3,(H2,41,42,43)/b15-13+,18-16+/t36-/m1/s1. The van der Waals surface area contributed by atoms with Gasteiger partial charge in [-0.25, -0.2) is 4.57 Å². The number of esters is 2. The predicted molar refractivity (Wildman–Crippen MR) is 193 cm³/mol. The molecule has 9 heteroatoms. The molecule has 0 aliphatic rings. The third-order valence-corrected chi connectivity index (χ3v) is 8.68. The number of allylic oxidation sites excluding steroid dienone is 4. The van der Waals surface area contributed by atoms with Gasteiger partial charge in [0.15, 0.2) is 6.10 Å². The van der Waals surface area contributed by atoms with Crippen LogP contribution in [-0.2, 0) is 28.2 Å². The average Bonchev–Trinajstić information content (AvgIpc) is 3.03. The molecule has 0 bridgehead atoms. The topological polar surface area (TPSA) is 119 Å². The van der Waals surface area contributed by atoms with Crippen LogP contribution in [0.4, 0.5) is 0 Å². The number of phosphoric ester groups is 1. The van der Waals surface area contributed by atoms with E-state index in [1.54, 1.807) is 0 Å². The molecule has 0 saturated heterocycles. The monoisotopic (exact) mass is 686 g/mol. The second kappa shape index (κ2) is 34.4. The molecule has 0 rings (SSSR count). The Labute approximate surface area is 288 Å². The first-order chi connectivity index (χ1) is 22.8. The van der Waals surface area contributed by atoms with Crippen molar-refractivity contribution in [3.63, 3.8) is 0 Å². The van der Waals surface area contributed by atoms with Crippen LogP contribution in [0.15, 0.2) is 24.3 Å². The van der Waals surface area contributed by atoms with Gasteiger partial charge in [-0.15, -0.1) is 0 Å². The maximum atomic E-state index is 12.4. The maximum Gasteiger partial charge on any atom is 0.469 e. The lowest BCUT2D eigenvalue weighted by Gasteiger charge is -2.18. The zero-order valence-corrected chi connectivity index (χ0v) is 31.1. The lowest BCUT2D eigenvalue weighted by molar-refractivity contribution is -0.161. The second-order valence-electron chi connectivity index (χ2n) is 12.9. The van der Waals surface area contributed by atoms with Gasteiger partial charge in [0.1, 0.15) is 6.61 Å². The van der Waals surface area contributed by atoms with Gasteiger partial charge < -0.3 is 19.3 Å². The van der Waals surface area contributed by atoms with Crippen molar-refractivity contribution in [2.45, 2.75) is 193 Å². The Balaban J connectivity index is 3.97. The summed E-state index contributed by atoms with van der Waals surface area (Å²) in [6.45, 7) is 3.65. The summed E-state index contributed by atoms with van der Waals surface area (Å²) in [6, 6.07) is 0. The van der Waals surface area contributed by atoms with Gasteiger partial charge >= 0.3 is 19.8 Å². The molecule has 0 aliphatic carbocycles. The summed E-state index contributed by atoms with van der Waals surface area (Å²) >= 11 is 0. The Bertz CT molecular complexity index is 823. The molecule has 0 aromatic rings. The van der Waals surface area contributed by atoms with Crippen LogP contribution in [0.25, 0.3) is 0 Å². The Morgan fingerprint density at radius 3 is 1.32 bits per heavy atom. The minimum absolute atomic E-state index is 0.207. The zero-order valence-electron chi connectivity index (χ0n) is 30.2. The summed E-state index contributed by atoms with van der Waals surface area (Å²) in [5, 5.41) is 0. The molecule has 1 atom stereocenters. The molecule has 0 fully saturated rings. The van der Waals surface area contributed by atoms with Crippen molar-refractivity contribution in [3.05, 3.63) is 24.3 Å². The van der Waals surface area contributed by atoms with Crippen molar-refractivity contribution in [3.8, 4) is 0 Å². The number of carbonyl (C=O) groups is 2. The van der Waals surface area contributed by atoms with Crippen LogP contribution in [0.3, 0.4) is 0 Å². The number of ether oxygens (including phenoxy) is 2. The van der Waals surface area contributed by atoms with Crippen molar-refractivity contribution in [1.82, 2.24) is 0 Å². The molecule has 0 aromatic heterocycles. The number of unbranched alkanes of at least 4 members (excludes halogenated alkanes) is 21. The highest BCUT2D eigenvalue weighted by atomic mass is 31.2. The van der Waals surface area contributed by atoms with E-state index < -0.39 is 32.5 Å². The van der Waals surface area contributed by atoms with Gasteiger partial charge in [-0.1, -0.05) is 134 Å². The van der Waals surface area contributed by atoms with E-state index in [1.165, 1.54) is 89.9 Å². The third kappa shape index (κ3) is 37.2. The van der Waals surface area contributed by atoms with Gasteiger partial charge in [0.05, 0.1) is 6.61 Å². The molecule has 0 aliphatic heterocycles. The van der Waals surface area contributed by atoms with Crippen LogP contribution < -0.4 is 0 Å². The number of hydrogen-bond acceptors (Lipinski definition) is 6. The summed E-state index contributed by atoms with van der Waals surface area (Å²) in [6.07, 6.45) is 37.5. The normalized spacial score (nSPS) is 12.7. The van der Waals surface area contributed by atoms with Gasteiger partial charge in [0.25, 0.3) is 0 Å². The molecule has 0 heterocycles. The smallest absolute Gasteiger partial charge is 0.462 e. The molecule has 0 saturated carbocycles. The highest BCUT2D eigenvalue weighted by molar-refractivity contribution is 7.46. The summed E-state index contributed by atoms with van der Waals surface area (Å²) in [5.41, 5.74) is 0. The molecule has 0 spiro atoms. The first-order valence-corrected chi connectivity index (χ1v) is 20.7. The van der Waals surface area contributed by atoms with E-state index >= 15 is 0 Å². The minimum Gasteiger partial charge on any atom is -0.462 e. The van der Waals surface area contributed by atoms with E-state index in [0.29, 0.717) is 12.8 Å². The van der Waals surface area contributed by atoms with Gasteiger partial charge in [0, 0.05) is 12.8 Å². The van der Waals surface area contributed by atoms with E-state index in [4.69, 9.17) is 19.3 Å². The average molecular weight is 687 g/mol. The number of phosphoric acid groups is 1.